The van der Waals surface area contributed by atoms with Gasteiger partial charge in [-0.25, -0.2) is 4.98 Å². The van der Waals surface area contributed by atoms with Gasteiger partial charge in [-0.1, -0.05) is 26.0 Å². The molecule has 2 aromatic rings. The van der Waals surface area contributed by atoms with E-state index in [1.807, 2.05) is 19.1 Å². The number of rotatable bonds is 7. The van der Waals surface area contributed by atoms with Crippen molar-refractivity contribution in [3.05, 3.63) is 45.4 Å². The van der Waals surface area contributed by atoms with Gasteiger partial charge < -0.3 is 10.1 Å². The lowest BCUT2D eigenvalue weighted by molar-refractivity contribution is 0.339. The van der Waals surface area contributed by atoms with E-state index in [2.05, 4.69) is 38.2 Å². The smallest absolute Gasteiger partial charge is 0.119 e. The third-order valence-electron chi connectivity index (χ3n) is 3.40. The zero-order valence-electron chi connectivity index (χ0n) is 13.3. The van der Waals surface area contributed by atoms with E-state index < -0.39 is 0 Å². The average molecular weight is 304 g/mol. The lowest BCUT2D eigenvalue weighted by Crippen LogP contribution is -2.22. The summed E-state index contributed by atoms with van der Waals surface area (Å²) in [7, 11) is 0. The summed E-state index contributed by atoms with van der Waals surface area (Å²) in [5, 5.41) is 4.68. The summed E-state index contributed by atoms with van der Waals surface area (Å²) < 4.78 is 5.62. The molecule has 0 saturated carbocycles. The highest BCUT2D eigenvalue weighted by molar-refractivity contribution is 7.11. The summed E-state index contributed by atoms with van der Waals surface area (Å²) in [5.41, 5.74) is 2.41. The Labute approximate surface area is 131 Å². The van der Waals surface area contributed by atoms with Crippen LogP contribution in [0.25, 0.3) is 0 Å². The largest absolute Gasteiger partial charge is 0.494 e. The number of benzene rings is 1. The normalized spacial score (nSPS) is 12.4. The molecular formula is C17H24N2OS. The van der Waals surface area contributed by atoms with Gasteiger partial charge in [0.2, 0.25) is 0 Å². The fraction of sp³-hybridized carbons (Fsp3) is 0.471. The fourth-order valence-electron chi connectivity index (χ4n) is 2.40. The summed E-state index contributed by atoms with van der Waals surface area (Å²) >= 11 is 1.79. The van der Waals surface area contributed by atoms with E-state index in [-0.39, 0.29) is 6.04 Å². The molecule has 0 aliphatic carbocycles. The van der Waals surface area contributed by atoms with E-state index in [4.69, 9.17) is 9.72 Å². The van der Waals surface area contributed by atoms with Gasteiger partial charge in [0.25, 0.3) is 0 Å². The van der Waals surface area contributed by atoms with Crippen molar-refractivity contribution in [1.82, 2.24) is 10.3 Å². The highest BCUT2D eigenvalue weighted by atomic mass is 32.1. The summed E-state index contributed by atoms with van der Waals surface area (Å²) in [4.78, 5) is 6.13. The molecule has 0 spiro atoms. The Morgan fingerprint density at radius 1 is 1.29 bits per heavy atom. The monoisotopic (exact) mass is 304 g/mol. The molecule has 0 saturated heterocycles. The Morgan fingerprint density at radius 2 is 2.10 bits per heavy atom. The molecular weight excluding hydrogens is 280 g/mol. The van der Waals surface area contributed by atoms with Crippen molar-refractivity contribution < 1.29 is 4.74 Å². The first kappa shape index (κ1) is 16.0. The molecule has 3 nitrogen and oxygen atoms in total. The molecule has 114 valence electrons. The topological polar surface area (TPSA) is 34.1 Å². The fourth-order valence-corrected chi connectivity index (χ4v) is 3.52. The van der Waals surface area contributed by atoms with Crippen molar-refractivity contribution >= 4 is 11.3 Å². The minimum absolute atomic E-state index is 0.138. The number of aromatic nitrogens is 1. The van der Waals surface area contributed by atoms with Crippen LogP contribution in [0.3, 0.4) is 0 Å². The van der Waals surface area contributed by atoms with Crippen molar-refractivity contribution in [1.29, 1.82) is 0 Å². The summed E-state index contributed by atoms with van der Waals surface area (Å²) in [5.74, 6) is 0.918. The molecule has 0 bridgehead atoms. The zero-order valence-corrected chi connectivity index (χ0v) is 14.1. The molecule has 1 aromatic heterocycles. The quantitative estimate of drug-likeness (QED) is 0.836. The van der Waals surface area contributed by atoms with Gasteiger partial charge in [0, 0.05) is 4.88 Å². The van der Waals surface area contributed by atoms with Crippen molar-refractivity contribution in [3.63, 3.8) is 0 Å². The molecule has 1 N–H and O–H groups in total. The molecule has 1 heterocycles. The van der Waals surface area contributed by atoms with Crippen LogP contribution in [-0.4, -0.2) is 18.1 Å². The zero-order chi connectivity index (χ0) is 15.2. The van der Waals surface area contributed by atoms with Crippen LogP contribution in [0, 0.1) is 6.92 Å². The second-order valence-corrected chi connectivity index (χ2v) is 6.14. The summed E-state index contributed by atoms with van der Waals surface area (Å²) in [6.45, 7) is 10.0. The number of hydrogen-bond acceptors (Lipinski definition) is 4. The first-order valence-electron chi connectivity index (χ1n) is 7.61. The molecule has 1 aromatic carbocycles. The first-order chi connectivity index (χ1) is 10.2. The highest BCUT2D eigenvalue weighted by Crippen LogP contribution is 2.30. The molecule has 1 atom stereocenters. The maximum absolute atomic E-state index is 5.62. The number of nitrogens with zero attached hydrogens (tertiary/aromatic N) is 1. The average Bonchev–Trinajstić information content (AvgIpc) is 2.86. The minimum atomic E-state index is 0.138. The SMILES string of the molecule is CCNC(c1cccc(OCC)c1)c1nc(CC)c(C)s1. The number of hydrogen-bond donors (Lipinski definition) is 1. The molecule has 0 radical (unpaired) electrons. The molecule has 0 aliphatic heterocycles. The summed E-state index contributed by atoms with van der Waals surface area (Å²) in [6.07, 6.45) is 0.986. The number of nitrogens with one attached hydrogen (secondary N) is 1. The van der Waals surface area contributed by atoms with Gasteiger partial charge in [-0.3, -0.25) is 0 Å². The van der Waals surface area contributed by atoms with E-state index in [0.29, 0.717) is 6.61 Å². The van der Waals surface area contributed by atoms with Crippen LogP contribution < -0.4 is 10.1 Å². The van der Waals surface area contributed by atoms with Gasteiger partial charge in [-0.05, 0) is 44.5 Å². The lowest BCUT2D eigenvalue weighted by atomic mass is 10.1. The third-order valence-corrected chi connectivity index (χ3v) is 4.48. The molecule has 0 aliphatic rings. The van der Waals surface area contributed by atoms with Crippen molar-refractivity contribution in [2.75, 3.05) is 13.2 Å². The number of aryl methyl sites for hydroxylation is 2. The predicted molar refractivity (Wildman–Crippen MR) is 89.4 cm³/mol. The highest BCUT2D eigenvalue weighted by Gasteiger charge is 2.18. The van der Waals surface area contributed by atoms with Gasteiger partial charge >= 0.3 is 0 Å². The standard InChI is InChI=1S/C17H24N2OS/c1-5-15-12(4)21-17(19-15)16(18-6-2)13-9-8-10-14(11-13)20-7-3/h8-11,16,18H,5-7H2,1-4H3. The molecule has 21 heavy (non-hydrogen) atoms. The van der Waals surface area contributed by atoms with Crippen molar-refractivity contribution in [3.8, 4) is 5.75 Å². The van der Waals surface area contributed by atoms with E-state index in [1.165, 1.54) is 16.1 Å². The minimum Gasteiger partial charge on any atom is -0.494 e. The van der Waals surface area contributed by atoms with E-state index in [9.17, 15) is 0 Å². The van der Waals surface area contributed by atoms with E-state index >= 15 is 0 Å². The van der Waals surface area contributed by atoms with Crippen LogP contribution in [0.5, 0.6) is 5.75 Å². The Morgan fingerprint density at radius 3 is 2.71 bits per heavy atom. The Hall–Kier alpha value is -1.39. The maximum atomic E-state index is 5.62. The van der Waals surface area contributed by atoms with Gasteiger partial charge in [0.05, 0.1) is 18.3 Å². The van der Waals surface area contributed by atoms with Crippen molar-refractivity contribution in [2.24, 2.45) is 0 Å². The van der Waals surface area contributed by atoms with Gasteiger partial charge in [-0.2, -0.15) is 0 Å². The first-order valence-corrected chi connectivity index (χ1v) is 8.43. The van der Waals surface area contributed by atoms with E-state index in [0.717, 1.165) is 23.7 Å². The van der Waals surface area contributed by atoms with Crippen LogP contribution in [0.2, 0.25) is 0 Å². The van der Waals surface area contributed by atoms with Crippen LogP contribution in [0.4, 0.5) is 0 Å². The van der Waals surface area contributed by atoms with Crippen LogP contribution in [0.15, 0.2) is 24.3 Å². The Balaban J connectivity index is 2.35. The van der Waals surface area contributed by atoms with Gasteiger partial charge in [-0.15, -0.1) is 11.3 Å². The predicted octanol–water partition coefficient (Wildman–Crippen LogP) is 4.11. The Bertz CT molecular complexity index is 580. The van der Waals surface area contributed by atoms with Crippen LogP contribution >= 0.6 is 11.3 Å². The molecule has 2 rings (SSSR count). The van der Waals surface area contributed by atoms with Gasteiger partial charge in [0.15, 0.2) is 0 Å². The molecule has 1 unspecified atom stereocenters. The van der Waals surface area contributed by atoms with Crippen LogP contribution in [-0.2, 0) is 6.42 Å². The second-order valence-electron chi connectivity index (χ2n) is 4.90. The van der Waals surface area contributed by atoms with Crippen molar-refractivity contribution in [2.45, 2.75) is 40.2 Å². The molecule has 0 amide bonds. The number of thiazole rings is 1. The summed E-state index contributed by atoms with van der Waals surface area (Å²) in [6, 6.07) is 8.43. The second kappa shape index (κ2) is 7.57. The maximum Gasteiger partial charge on any atom is 0.119 e. The molecule has 4 heteroatoms. The third kappa shape index (κ3) is 3.83. The van der Waals surface area contributed by atoms with E-state index in [1.54, 1.807) is 11.3 Å². The van der Waals surface area contributed by atoms with Crippen LogP contribution in [0.1, 0.15) is 48.0 Å². The lowest BCUT2D eigenvalue weighted by Gasteiger charge is -2.17. The molecule has 0 fully saturated rings. The Kier molecular flexibility index (Phi) is 5.76. The van der Waals surface area contributed by atoms with Gasteiger partial charge in [0.1, 0.15) is 10.8 Å². The number of ether oxygens (including phenoxy) is 1.